The lowest BCUT2D eigenvalue weighted by atomic mass is 10.1. The number of Topliss-reactive ketones (excluding diaryl/α,β-unsaturated/α-hetero) is 1. The summed E-state index contributed by atoms with van der Waals surface area (Å²) in [6, 6.07) is 6.25. The van der Waals surface area contributed by atoms with Gasteiger partial charge in [0.2, 0.25) is 0 Å². The van der Waals surface area contributed by atoms with E-state index < -0.39 is 7.82 Å². The molecule has 0 aliphatic rings. The van der Waals surface area contributed by atoms with Crippen LogP contribution in [-0.4, -0.2) is 15.6 Å². The molecule has 0 atom stereocenters. The first-order valence-electron chi connectivity index (χ1n) is 4.21. The standard InChI is InChI=1S/C9H11O5P/c1-7(10)6-8-4-2-3-5-9(8)14-15(11,12)13/h2-5H,6H2,1H3,(H2,11,12,13). The average Bonchev–Trinajstić information content (AvgIpc) is 2.05. The zero-order valence-electron chi connectivity index (χ0n) is 8.08. The van der Waals surface area contributed by atoms with Gasteiger partial charge in [-0.05, 0) is 13.0 Å². The molecule has 82 valence electrons. The maximum atomic E-state index is 10.9. The molecule has 0 unspecified atom stereocenters. The molecule has 1 rings (SSSR count). The van der Waals surface area contributed by atoms with Gasteiger partial charge in [0.05, 0.1) is 0 Å². The van der Waals surface area contributed by atoms with E-state index in [-0.39, 0.29) is 18.0 Å². The topological polar surface area (TPSA) is 83.8 Å². The number of phosphoric acid groups is 1. The van der Waals surface area contributed by atoms with Crippen molar-refractivity contribution in [2.24, 2.45) is 0 Å². The fraction of sp³-hybridized carbons (Fsp3) is 0.222. The summed E-state index contributed by atoms with van der Waals surface area (Å²) in [5.74, 6) is -0.0576. The summed E-state index contributed by atoms with van der Waals surface area (Å²) < 4.78 is 15.1. The van der Waals surface area contributed by atoms with Crippen molar-refractivity contribution in [2.75, 3.05) is 0 Å². The SMILES string of the molecule is CC(=O)Cc1ccccc1OP(=O)(O)O. The lowest BCUT2D eigenvalue weighted by Gasteiger charge is -2.10. The van der Waals surface area contributed by atoms with E-state index in [1.165, 1.54) is 13.0 Å². The van der Waals surface area contributed by atoms with E-state index in [9.17, 15) is 9.36 Å². The van der Waals surface area contributed by atoms with Crippen molar-refractivity contribution in [1.82, 2.24) is 0 Å². The van der Waals surface area contributed by atoms with Crippen molar-refractivity contribution < 1.29 is 23.7 Å². The number of phosphoric ester groups is 1. The van der Waals surface area contributed by atoms with Crippen molar-refractivity contribution in [3.63, 3.8) is 0 Å². The summed E-state index contributed by atoms with van der Waals surface area (Å²) in [6.45, 7) is 1.40. The molecule has 2 N–H and O–H groups in total. The van der Waals surface area contributed by atoms with Crippen LogP contribution in [0.4, 0.5) is 0 Å². The molecule has 0 fully saturated rings. The van der Waals surface area contributed by atoms with Crippen LogP contribution < -0.4 is 4.52 Å². The Labute approximate surface area is 86.9 Å². The Morgan fingerprint density at radius 1 is 1.40 bits per heavy atom. The quantitative estimate of drug-likeness (QED) is 0.761. The second-order valence-corrected chi connectivity index (χ2v) is 4.23. The molecule has 0 saturated carbocycles. The van der Waals surface area contributed by atoms with Crippen LogP contribution in [0.15, 0.2) is 24.3 Å². The monoisotopic (exact) mass is 230 g/mol. The Kier molecular flexibility index (Phi) is 3.63. The van der Waals surface area contributed by atoms with Gasteiger partial charge < -0.3 is 4.52 Å². The number of para-hydroxylation sites is 1. The van der Waals surface area contributed by atoms with Crippen molar-refractivity contribution in [1.29, 1.82) is 0 Å². The van der Waals surface area contributed by atoms with Gasteiger partial charge in [0.15, 0.2) is 0 Å². The van der Waals surface area contributed by atoms with Crippen LogP contribution in [0.25, 0.3) is 0 Å². The second-order valence-electron chi connectivity index (χ2n) is 3.07. The Morgan fingerprint density at radius 2 is 2.00 bits per heavy atom. The third kappa shape index (κ3) is 4.25. The Bertz CT molecular complexity index is 409. The van der Waals surface area contributed by atoms with Crippen LogP contribution in [0.1, 0.15) is 12.5 Å². The van der Waals surface area contributed by atoms with Gasteiger partial charge in [-0.2, -0.15) is 0 Å². The molecule has 15 heavy (non-hydrogen) atoms. The zero-order valence-corrected chi connectivity index (χ0v) is 8.98. The molecule has 0 saturated heterocycles. The summed E-state index contributed by atoms with van der Waals surface area (Å²) in [7, 11) is -4.57. The average molecular weight is 230 g/mol. The first kappa shape index (κ1) is 11.9. The molecule has 6 heteroatoms. The number of carbonyl (C=O) groups is 1. The van der Waals surface area contributed by atoms with Gasteiger partial charge >= 0.3 is 7.82 Å². The van der Waals surface area contributed by atoms with E-state index in [1.54, 1.807) is 18.2 Å². The van der Waals surface area contributed by atoms with Crippen molar-refractivity contribution in [3.05, 3.63) is 29.8 Å². The molecule has 0 amide bonds. The van der Waals surface area contributed by atoms with Crippen LogP contribution in [0.5, 0.6) is 5.75 Å². The maximum absolute atomic E-state index is 10.9. The lowest BCUT2D eigenvalue weighted by Crippen LogP contribution is -2.00. The van der Waals surface area contributed by atoms with E-state index in [4.69, 9.17) is 9.79 Å². The molecular weight excluding hydrogens is 219 g/mol. The molecule has 0 heterocycles. The van der Waals surface area contributed by atoms with Crippen LogP contribution in [0.2, 0.25) is 0 Å². The van der Waals surface area contributed by atoms with Crippen LogP contribution >= 0.6 is 7.82 Å². The number of ketones is 1. The molecular formula is C9H11O5P. The number of benzene rings is 1. The Morgan fingerprint density at radius 3 is 2.53 bits per heavy atom. The highest BCUT2D eigenvalue weighted by Gasteiger charge is 2.18. The third-order valence-electron chi connectivity index (χ3n) is 1.63. The van der Waals surface area contributed by atoms with Crippen molar-refractivity contribution in [3.8, 4) is 5.75 Å². The largest absolute Gasteiger partial charge is 0.524 e. The molecule has 0 radical (unpaired) electrons. The fourth-order valence-electron chi connectivity index (χ4n) is 1.14. The number of carbonyl (C=O) groups excluding carboxylic acids is 1. The highest BCUT2D eigenvalue weighted by Crippen LogP contribution is 2.39. The van der Waals surface area contributed by atoms with Gasteiger partial charge in [-0.15, -0.1) is 0 Å². The minimum absolute atomic E-state index is 0.0426. The van der Waals surface area contributed by atoms with Crippen LogP contribution in [0.3, 0.4) is 0 Å². The number of hydrogen-bond donors (Lipinski definition) is 2. The van der Waals surface area contributed by atoms with Crippen LogP contribution in [0, 0.1) is 0 Å². The van der Waals surface area contributed by atoms with E-state index >= 15 is 0 Å². The summed E-state index contributed by atoms with van der Waals surface area (Å²) in [6.07, 6.45) is 0.0934. The highest BCUT2D eigenvalue weighted by atomic mass is 31.2. The Balaban J connectivity index is 2.96. The lowest BCUT2D eigenvalue weighted by molar-refractivity contribution is -0.116. The summed E-state index contributed by atoms with van der Waals surface area (Å²) in [4.78, 5) is 28.1. The molecule has 0 aromatic heterocycles. The molecule has 0 bridgehead atoms. The third-order valence-corrected chi connectivity index (χ3v) is 2.06. The maximum Gasteiger partial charge on any atom is 0.524 e. The summed E-state index contributed by atoms with van der Waals surface area (Å²) in [5, 5.41) is 0. The van der Waals surface area contributed by atoms with E-state index in [0.29, 0.717) is 5.56 Å². The van der Waals surface area contributed by atoms with E-state index in [1.807, 2.05) is 0 Å². The molecule has 0 aliphatic carbocycles. The van der Waals surface area contributed by atoms with Crippen molar-refractivity contribution >= 4 is 13.6 Å². The van der Waals surface area contributed by atoms with Gasteiger partial charge in [0, 0.05) is 12.0 Å². The van der Waals surface area contributed by atoms with Gasteiger partial charge in [0.25, 0.3) is 0 Å². The second kappa shape index (κ2) is 4.57. The molecule has 0 aliphatic heterocycles. The molecule has 1 aromatic rings. The first-order valence-corrected chi connectivity index (χ1v) is 5.74. The minimum Gasteiger partial charge on any atom is -0.404 e. The predicted octanol–water partition coefficient (Wildman–Crippen LogP) is 1.29. The van der Waals surface area contributed by atoms with Gasteiger partial charge in [0.1, 0.15) is 11.5 Å². The Hall–Kier alpha value is -1.16. The highest BCUT2D eigenvalue weighted by molar-refractivity contribution is 7.46. The van der Waals surface area contributed by atoms with Crippen LogP contribution in [-0.2, 0) is 15.8 Å². The summed E-state index contributed by atoms with van der Waals surface area (Å²) in [5.41, 5.74) is 0.466. The molecule has 0 spiro atoms. The zero-order chi connectivity index (χ0) is 11.5. The fourth-order valence-corrected chi connectivity index (χ4v) is 1.57. The van der Waals surface area contributed by atoms with E-state index in [2.05, 4.69) is 4.52 Å². The van der Waals surface area contributed by atoms with Gasteiger partial charge in [-0.1, -0.05) is 18.2 Å². The van der Waals surface area contributed by atoms with Crippen molar-refractivity contribution in [2.45, 2.75) is 13.3 Å². The first-order chi connectivity index (χ1) is 6.88. The van der Waals surface area contributed by atoms with E-state index in [0.717, 1.165) is 0 Å². The number of hydrogen-bond acceptors (Lipinski definition) is 3. The normalized spacial score (nSPS) is 11.1. The van der Waals surface area contributed by atoms with Gasteiger partial charge in [-0.25, -0.2) is 4.57 Å². The predicted molar refractivity (Wildman–Crippen MR) is 53.5 cm³/mol. The summed E-state index contributed by atoms with van der Waals surface area (Å²) >= 11 is 0. The minimum atomic E-state index is -4.57. The molecule has 5 nitrogen and oxygen atoms in total. The van der Waals surface area contributed by atoms with Gasteiger partial charge in [-0.3, -0.25) is 14.6 Å². The smallest absolute Gasteiger partial charge is 0.404 e. The number of rotatable bonds is 4. The molecule has 1 aromatic carbocycles.